The number of benzene rings is 1. The van der Waals surface area contributed by atoms with E-state index in [1.165, 1.54) is 0 Å². The summed E-state index contributed by atoms with van der Waals surface area (Å²) in [5.74, 6) is 0.669. The van der Waals surface area contributed by atoms with Crippen LogP contribution in [0.5, 0.6) is 0 Å². The van der Waals surface area contributed by atoms with Gasteiger partial charge >= 0.3 is 0 Å². The number of ether oxygens (including phenoxy) is 1. The highest BCUT2D eigenvalue weighted by molar-refractivity contribution is 6.30. The van der Waals surface area contributed by atoms with Gasteiger partial charge in [0.25, 0.3) is 6.47 Å². The summed E-state index contributed by atoms with van der Waals surface area (Å²) in [5.41, 5.74) is 1.65. The van der Waals surface area contributed by atoms with E-state index in [0.29, 0.717) is 30.3 Å². The molecule has 2 aromatic rings. The molecule has 0 spiro atoms. The van der Waals surface area contributed by atoms with Crippen molar-refractivity contribution in [1.82, 2.24) is 5.16 Å². The maximum absolute atomic E-state index is 9.98. The van der Waals surface area contributed by atoms with Crippen molar-refractivity contribution in [2.24, 2.45) is 0 Å². The minimum atomic E-state index is 0.302. The highest BCUT2D eigenvalue weighted by Crippen LogP contribution is 2.22. The van der Waals surface area contributed by atoms with E-state index >= 15 is 0 Å². The molecule has 0 aliphatic rings. The Balaban J connectivity index is 2.07. The minimum absolute atomic E-state index is 0.302. The van der Waals surface area contributed by atoms with E-state index in [-0.39, 0.29) is 0 Å². The van der Waals surface area contributed by atoms with Crippen LogP contribution in [0, 0.1) is 0 Å². The van der Waals surface area contributed by atoms with Crippen molar-refractivity contribution in [3.8, 4) is 11.3 Å². The van der Waals surface area contributed by atoms with E-state index in [9.17, 15) is 4.79 Å². The van der Waals surface area contributed by atoms with Gasteiger partial charge in [-0.1, -0.05) is 16.8 Å². The van der Waals surface area contributed by atoms with Gasteiger partial charge in [-0.3, -0.25) is 4.79 Å². The molecule has 0 aliphatic carbocycles. The molecule has 0 aliphatic heterocycles. The second-order valence-corrected chi connectivity index (χ2v) is 3.84. The molecule has 0 saturated carbocycles. The van der Waals surface area contributed by atoms with Crippen molar-refractivity contribution in [3.63, 3.8) is 0 Å². The summed E-state index contributed by atoms with van der Waals surface area (Å²) >= 11 is 5.79. The van der Waals surface area contributed by atoms with Gasteiger partial charge in [-0.05, 0) is 24.3 Å². The number of nitrogens with zero attached hydrogens (tertiary/aromatic N) is 1. The molecular weight excluding hydrogens is 242 g/mol. The molecule has 1 heterocycles. The van der Waals surface area contributed by atoms with Crippen LogP contribution < -0.4 is 0 Å². The molecule has 0 amide bonds. The van der Waals surface area contributed by atoms with Crippen LogP contribution in [0.3, 0.4) is 0 Å². The molecule has 1 aromatic carbocycles. The maximum Gasteiger partial charge on any atom is 0.293 e. The van der Waals surface area contributed by atoms with Gasteiger partial charge < -0.3 is 9.26 Å². The molecule has 0 saturated heterocycles. The number of hydrogen-bond donors (Lipinski definition) is 0. The largest absolute Gasteiger partial charge is 0.467 e. The van der Waals surface area contributed by atoms with E-state index in [2.05, 4.69) is 9.89 Å². The summed E-state index contributed by atoms with van der Waals surface area (Å²) in [6, 6.07) is 9.10. The van der Waals surface area contributed by atoms with Gasteiger partial charge in [0.2, 0.25) is 0 Å². The quantitative estimate of drug-likeness (QED) is 0.606. The van der Waals surface area contributed by atoms with Gasteiger partial charge in [-0.15, -0.1) is 0 Å². The van der Waals surface area contributed by atoms with Crippen LogP contribution in [-0.2, 0) is 16.0 Å². The van der Waals surface area contributed by atoms with Gasteiger partial charge in [0.15, 0.2) is 5.76 Å². The first-order valence-electron chi connectivity index (χ1n) is 5.06. The van der Waals surface area contributed by atoms with Gasteiger partial charge in [0.05, 0.1) is 12.3 Å². The molecule has 17 heavy (non-hydrogen) atoms. The average Bonchev–Trinajstić information content (AvgIpc) is 2.79. The number of halogens is 1. The zero-order chi connectivity index (χ0) is 12.1. The van der Waals surface area contributed by atoms with Crippen molar-refractivity contribution in [2.45, 2.75) is 6.42 Å². The van der Waals surface area contributed by atoms with Gasteiger partial charge in [0, 0.05) is 23.1 Å². The van der Waals surface area contributed by atoms with Crippen LogP contribution in [0.15, 0.2) is 34.9 Å². The first kappa shape index (κ1) is 11.7. The number of carbonyl (C=O) groups is 1. The topological polar surface area (TPSA) is 52.3 Å². The molecule has 1 aromatic heterocycles. The molecule has 0 bridgehead atoms. The molecule has 0 atom stereocenters. The molecule has 4 nitrogen and oxygen atoms in total. The second-order valence-electron chi connectivity index (χ2n) is 3.41. The SMILES string of the molecule is O=COCCc1cc(-c2ccc(Cl)cc2)on1. The molecule has 0 unspecified atom stereocenters. The monoisotopic (exact) mass is 251 g/mol. The number of carbonyl (C=O) groups excluding carboxylic acids is 1. The fraction of sp³-hybridized carbons (Fsp3) is 0.167. The third kappa shape index (κ3) is 3.07. The first-order chi connectivity index (χ1) is 8.29. The second kappa shape index (κ2) is 5.50. The molecule has 88 valence electrons. The Bertz CT molecular complexity index is 493. The lowest BCUT2D eigenvalue weighted by molar-refractivity contribution is -0.128. The van der Waals surface area contributed by atoms with Crippen molar-refractivity contribution in [2.75, 3.05) is 6.61 Å². The standard InChI is InChI=1S/C12H10ClNO3/c13-10-3-1-9(2-4-10)12-7-11(14-17-12)5-6-16-8-15/h1-4,7-8H,5-6H2. The normalized spacial score (nSPS) is 10.2. The zero-order valence-electron chi connectivity index (χ0n) is 8.93. The van der Waals surface area contributed by atoms with E-state index < -0.39 is 0 Å². The van der Waals surface area contributed by atoms with Crippen LogP contribution >= 0.6 is 11.6 Å². The predicted octanol–water partition coefficient (Wildman–Crippen LogP) is 2.71. The molecule has 0 N–H and O–H groups in total. The summed E-state index contributed by atoms with van der Waals surface area (Å²) in [6.07, 6.45) is 0.538. The number of hydrogen-bond acceptors (Lipinski definition) is 4. The van der Waals surface area contributed by atoms with E-state index in [0.717, 1.165) is 11.3 Å². The first-order valence-corrected chi connectivity index (χ1v) is 5.44. The fourth-order valence-electron chi connectivity index (χ4n) is 1.39. The van der Waals surface area contributed by atoms with E-state index in [1.807, 2.05) is 18.2 Å². The van der Waals surface area contributed by atoms with E-state index in [1.54, 1.807) is 12.1 Å². The molecule has 5 heteroatoms. The van der Waals surface area contributed by atoms with Crippen molar-refractivity contribution < 1.29 is 14.1 Å². The Labute approximate surface area is 103 Å². The molecule has 2 rings (SSSR count). The van der Waals surface area contributed by atoms with Crippen LogP contribution in [0.25, 0.3) is 11.3 Å². The van der Waals surface area contributed by atoms with Crippen LogP contribution in [0.2, 0.25) is 5.02 Å². The number of aromatic nitrogens is 1. The highest BCUT2D eigenvalue weighted by Gasteiger charge is 2.06. The third-order valence-corrected chi connectivity index (χ3v) is 2.48. The van der Waals surface area contributed by atoms with Crippen LogP contribution in [0.1, 0.15) is 5.69 Å². The average molecular weight is 252 g/mol. The number of rotatable bonds is 5. The lowest BCUT2D eigenvalue weighted by atomic mass is 10.1. The zero-order valence-corrected chi connectivity index (χ0v) is 9.68. The van der Waals surface area contributed by atoms with Gasteiger partial charge in [-0.2, -0.15) is 0 Å². The lowest BCUT2D eigenvalue weighted by Gasteiger charge is -1.94. The van der Waals surface area contributed by atoms with Crippen molar-refractivity contribution in [1.29, 1.82) is 0 Å². The predicted molar refractivity (Wildman–Crippen MR) is 62.7 cm³/mol. The highest BCUT2D eigenvalue weighted by atomic mass is 35.5. The van der Waals surface area contributed by atoms with Gasteiger partial charge in [0.1, 0.15) is 0 Å². The van der Waals surface area contributed by atoms with Crippen LogP contribution in [-0.4, -0.2) is 18.2 Å². The molecule has 0 radical (unpaired) electrons. The Morgan fingerprint density at radius 2 is 2.12 bits per heavy atom. The third-order valence-electron chi connectivity index (χ3n) is 2.23. The molecule has 0 fully saturated rings. The summed E-state index contributed by atoms with van der Waals surface area (Å²) in [6.45, 7) is 0.719. The minimum Gasteiger partial charge on any atom is -0.467 e. The Kier molecular flexibility index (Phi) is 3.77. The van der Waals surface area contributed by atoms with Crippen molar-refractivity contribution in [3.05, 3.63) is 41.0 Å². The summed E-state index contributed by atoms with van der Waals surface area (Å²) < 4.78 is 9.77. The smallest absolute Gasteiger partial charge is 0.293 e. The van der Waals surface area contributed by atoms with E-state index in [4.69, 9.17) is 16.1 Å². The summed E-state index contributed by atoms with van der Waals surface area (Å²) in [7, 11) is 0. The maximum atomic E-state index is 9.98. The Morgan fingerprint density at radius 3 is 2.82 bits per heavy atom. The fourth-order valence-corrected chi connectivity index (χ4v) is 1.52. The van der Waals surface area contributed by atoms with Crippen molar-refractivity contribution >= 4 is 18.1 Å². The lowest BCUT2D eigenvalue weighted by Crippen LogP contribution is -1.96. The summed E-state index contributed by atoms with van der Waals surface area (Å²) in [5, 5.41) is 4.56. The van der Waals surface area contributed by atoms with Gasteiger partial charge in [-0.25, -0.2) is 0 Å². The van der Waals surface area contributed by atoms with Crippen LogP contribution in [0.4, 0.5) is 0 Å². The Morgan fingerprint density at radius 1 is 1.35 bits per heavy atom. The summed E-state index contributed by atoms with van der Waals surface area (Å²) in [4.78, 5) is 9.98. The molecular formula is C12H10ClNO3. The Hall–Kier alpha value is -1.81.